The highest BCUT2D eigenvalue weighted by Gasteiger charge is 2.30. The van der Waals surface area contributed by atoms with Crippen molar-refractivity contribution in [1.29, 1.82) is 0 Å². The standard InChI is InChI=1S/C20H20N2O4S/c1-12-6-5-7-14(10-12)21-19(24)13(2)26-18(23)11-17-20(25)22-15-8-3-4-9-16(15)27-17/h3-10,13,17H,11H2,1-2H3,(H,21,24)(H,22,25)/t13-,17+/m1/s1. The number of esters is 1. The Labute approximate surface area is 161 Å². The van der Waals surface area contributed by atoms with E-state index in [1.165, 1.54) is 18.7 Å². The lowest BCUT2D eigenvalue weighted by Crippen LogP contribution is -2.34. The molecule has 0 aliphatic carbocycles. The number of benzene rings is 2. The molecule has 0 fully saturated rings. The van der Waals surface area contributed by atoms with Gasteiger partial charge in [-0.1, -0.05) is 24.3 Å². The lowest BCUT2D eigenvalue weighted by molar-refractivity contribution is -0.153. The van der Waals surface area contributed by atoms with E-state index in [9.17, 15) is 14.4 Å². The second-order valence-electron chi connectivity index (χ2n) is 6.29. The molecular formula is C20H20N2O4S. The number of aryl methyl sites for hydroxylation is 1. The number of amides is 2. The topological polar surface area (TPSA) is 84.5 Å². The van der Waals surface area contributed by atoms with Gasteiger partial charge in [-0.25, -0.2) is 0 Å². The van der Waals surface area contributed by atoms with Crippen LogP contribution in [0.25, 0.3) is 0 Å². The van der Waals surface area contributed by atoms with Gasteiger partial charge in [0.25, 0.3) is 5.91 Å². The van der Waals surface area contributed by atoms with Crippen molar-refractivity contribution in [1.82, 2.24) is 0 Å². The van der Waals surface area contributed by atoms with Gasteiger partial charge in [-0.15, -0.1) is 11.8 Å². The van der Waals surface area contributed by atoms with Crippen LogP contribution in [0.5, 0.6) is 0 Å². The third-order valence-corrected chi connectivity index (χ3v) is 5.30. The molecule has 0 radical (unpaired) electrons. The van der Waals surface area contributed by atoms with E-state index in [1.807, 2.05) is 49.4 Å². The Morgan fingerprint density at radius 1 is 1.22 bits per heavy atom. The van der Waals surface area contributed by atoms with Crippen LogP contribution in [0.1, 0.15) is 18.9 Å². The number of carbonyl (C=O) groups is 3. The van der Waals surface area contributed by atoms with E-state index < -0.39 is 23.2 Å². The molecular weight excluding hydrogens is 364 g/mol. The third-order valence-electron chi connectivity index (χ3n) is 4.02. The predicted molar refractivity (Wildman–Crippen MR) is 105 cm³/mol. The molecule has 0 saturated heterocycles. The van der Waals surface area contributed by atoms with E-state index >= 15 is 0 Å². The van der Waals surface area contributed by atoms with Crippen LogP contribution in [0.3, 0.4) is 0 Å². The quantitative estimate of drug-likeness (QED) is 0.772. The molecule has 140 valence electrons. The summed E-state index contributed by atoms with van der Waals surface area (Å²) in [6, 6.07) is 14.7. The van der Waals surface area contributed by atoms with E-state index in [2.05, 4.69) is 10.6 Å². The van der Waals surface area contributed by atoms with E-state index in [1.54, 1.807) is 6.07 Å². The Hall–Kier alpha value is -2.80. The third kappa shape index (κ3) is 4.89. The number of hydrogen-bond donors (Lipinski definition) is 2. The molecule has 0 bridgehead atoms. The molecule has 2 N–H and O–H groups in total. The normalized spacial score (nSPS) is 16.7. The van der Waals surface area contributed by atoms with E-state index in [0.29, 0.717) is 5.69 Å². The summed E-state index contributed by atoms with van der Waals surface area (Å²) in [5, 5.41) is 4.91. The molecule has 2 amide bonds. The Morgan fingerprint density at radius 3 is 2.78 bits per heavy atom. The fourth-order valence-corrected chi connectivity index (χ4v) is 3.74. The number of anilines is 2. The van der Waals surface area contributed by atoms with Crippen LogP contribution in [-0.2, 0) is 19.1 Å². The molecule has 2 aromatic carbocycles. The number of carbonyl (C=O) groups excluding carboxylic acids is 3. The smallest absolute Gasteiger partial charge is 0.308 e. The maximum absolute atomic E-state index is 12.2. The number of fused-ring (bicyclic) bond motifs is 1. The maximum Gasteiger partial charge on any atom is 0.308 e. The molecule has 1 aliphatic rings. The van der Waals surface area contributed by atoms with Gasteiger partial charge < -0.3 is 15.4 Å². The summed E-state index contributed by atoms with van der Waals surface area (Å²) >= 11 is 1.32. The zero-order chi connectivity index (χ0) is 19.4. The van der Waals surface area contributed by atoms with Crippen molar-refractivity contribution in [3.05, 3.63) is 54.1 Å². The highest BCUT2D eigenvalue weighted by Crippen LogP contribution is 2.36. The Morgan fingerprint density at radius 2 is 2.00 bits per heavy atom. The van der Waals surface area contributed by atoms with Crippen molar-refractivity contribution < 1.29 is 19.1 Å². The average molecular weight is 384 g/mol. The van der Waals surface area contributed by atoms with E-state index in [0.717, 1.165) is 16.1 Å². The number of para-hydroxylation sites is 1. The summed E-state index contributed by atoms with van der Waals surface area (Å²) in [6.45, 7) is 3.43. The Balaban J connectivity index is 1.54. The second kappa shape index (κ2) is 8.26. The van der Waals surface area contributed by atoms with Gasteiger partial charge in [0, 0.05) is 10.6 Å². The zero-order valence-corrected chi connectivity index (χ0v) is 15.8. The number of rotatable bonds is 5. The first-order valence-corrected chi connectivity index (χ1v) is 9.44. The van der Waals surface area contributed by atoms with Crippen molar-refractivity contribution in [2.45, 2.75) is 36.5 Å². The highest BCUT2D eigenvalue weighted by atomic mass is 32.2. The fourth-order valence-electron chi connectivity index (χ4n) is 2.64. The van der Waals surface area contributed by atoms with Gasteiger partial charge in [-0.3, -0.25) is 14.4 Å². The lowest BCUT2D eigenvalue weighted by Gasteiger charge is -2.23. The van der Waals surface area contributed by atoms with Crippen LogP contribution in [-0.4, -0.2) is 29.1 Å². The van der Waals surface area contributed by atoms with Gasteiger partial charge in [0.05, 0.1) is 17.4 Å². The first kappa shape index (κ1) is 19.0. The van der Waals surface area contributed by atoms with Crippen LogP contribution in [0, 0.1) is 6.92 Å². The first-order chi connectivity index (χ1) is 12.9. The molecule has 7 heteroatoms. The zero-order valence-electron chi connectivity index (χ0n) is 15.0. The minimum absolute atomic E-state index is 0.104. The first-order valence-electron chi connectivity index (χ1n) is 8.56. The van der Waals surface area contributed by atoms with Crippen molar-refractivity contribution in [3.8, 4) is 0 Å². The van der Waals surface area contributed by atoms with Gasteiger partial charge in [0.1, 0.15) is 0 Å². The molecule has 2 aromatic rings. The van der Waals surface area contributed by atoms with E-state index in [4.69, 9.17) is 4.74 Å². The Kier molecular flexibility index (Phi) is 5.81. The summed E-state index contributed by atoms with van der Waals surface area (Å²) in [7, 11) is 0. The summed E-state index contributed by atoms with van der Waals surface area (Å²) in [5.41, 5.74) is 2.39. The average Bonchev–Trinajstić information content (AvgIpc) is 2.62. The van der Waals surface area contributed by atoms with Crippen LogP contribution in [0.4, 0.5) is 11.4 Å². The molecule has 0 saturated carbocycles. The molecule has 27 heavy (non-hydrogen) atoms. The highest BCUT2D eigenvalue weighted by molar-refractivity contribution is 8.01. The van der Waals surface area contributed by atoms with Crippen molar-refractivity contribution in [2.75, 3.05) is 10.6 Å². The SMILES string of the molecule is Cc1cccc(NC(=O)[C@@H](C)OC(=O)C[C@@H]2Sc3ccccc3NC2=O)c1. The summed E-state index contributed by atoms with van der Waals surface area (Å²) in [5.74, 6) is -1.25. The monoisotopic (exact) mass is 384 g/mol. The number of thioether (sulfide) groups is 1. The van der Waals surface area contributed by atoms with Crippen molar-refractivity contribution in [3.63, 3.8) is 0 Å². The van der Waals surface area contributed by atoms with Crippen molar-refractivity contribution >= 4 is 40.9 Å². The number of ether oxygens (including phenoxy) is 1. The molecule has 1 heterocycles. The lowest BCUT2D eigenvalue weighted by atomic mass is 10.2. The molecule has 3 rings (SSSR count). The largest absolute Gasteiger partial charge is 0.452 e. The van der Waals surface area contributed by atoms with Crippen LogP contribution in [0.15, 0.2) is 53.4 Å². The van der Waals surface area contributed by atoms with Gasteiger partial charge >= 0.3 is 5.97 Å². The van der Waals surface area contributed by atoms with Gasteiger partial charge in [-0.2, -0.15) is 0 Å². The van der Waals surface area contributed by atoms with Crippen LogP contribution >= 0.6 is 11.8 Å². The Bertz CT molecular complexity index is 884. The van der Waals surface area contributed by atoms with Crippen LogP contribution in [0.2, 0.25) is 0 Å². The second-order valence-corrected chi connectivity index (χ2v) is 7.53. The summed E-state index contributed by atoms with van der Waals surface area (Å²) < 4.78 is 5.21. The molecule has 1 aliphatic heterocycles. The summed E-state index contributed by atoms with van der Waals surface area (Å²) in [4.78, 5) is 37.5. The molecule has 0 unspecified atom stereocenters. The minimum atomic E-state index is -0.957. The van der Waals surface area contributed by atoms with Crippen molar-refractivity contribution in [2.24, 2.45) is 0 Å². The molecule has 6 nitrogen and oxygen atoms in total. The van der Waals surface area contributed by atoms with Gasteiger partial charge in [-0.05, 0) is 43.7 Å². The predicted octanol–water partition coefficient (Wildman–Crippen LogP) is 3.37. The summed E-state index contributed by atoms with van der Waals surface area (Å²) in [6.07, 6.45) is -1.06. The fraction of sp³-hybridized carbons (Fsp3) is 0.250. The number of hydrogen-bond acceptors (Lipinski definition) is 5. The maximum atomic E-state index is 12.2. The van der Waals surface area contributed by atoms with E-state index in [-0.39, 0.29) is 12.3 Å². The van der Waals surface area contributed by atoms with Gasteiger partial charge in [0.15, 0.2) is 6.10 Å². The van der Waals surface area contributed by atoms with Gasteiger partial charge in [0.2, 0.25) is 5.91 Å². The van der Waals surface area contributed by atoms with Crippen LogP contribution < -0.4 is 10.6 Å². The molecule has 2 atom stereocenters. The minimum Gasteiger partial charge on any atom is -0.452 e. The molecule has 0 aromatic heterocycles. The molecule has 0 spiro atoms. The number of nitrogens with one attached hydrogen (secondary N) is 2.